The molecule has 25 heavy (non-hydrogen) atoms. The summed E-state index contributed by atoms with van der Waals surface area (Å²) in [5, 5.41) is 3.09. The van der Waals surface area contributed by atoms with E-state index in [0.717, 1.165) is 48.9 Å². The smallest absolute Gasteiger partial charge is 0.238 e. The second-order valence-corrected chi connectivity index (χ2v) is 6.92. The van der Waals surface area contributed by atoms with Crippen molar-refractivity contribution in [1.29, 1.82) is 0 Å². The molecule has 1 aliphatic heterocycles. The molecule has 0 spiro atoms. The third-order valence-electron chi connectivity index (χ3n) is 4.76. The van der Waals surface area contributed by atoms with Crippen LogP contribution >= 0.6 is 0 Å². The van der Waals surface area contributed by atoms with Gasteiger partial charge in [-0.2, -0.15) is 0 Å². The Morgan fingerprint density at radius 3 is 2.32 bits per heavy atom. The van der Waals surface area contributed by atoms with Crippen molar-refractivity contribution in [2.45, 2.75) is 20.8 Å². The molecule has 3 rings (SSSR count). The van der Waals surface area contributed by atoms with Crippen LogP contribution < -0.4 is 10.2 Å². The first-order chi connectivity index (χ1) is 11.9. The van der Waals surface area contributed by atoms with E-state index in [9.17, 15) is 4.79 Å². The third kappa shape index (κ3) is 4.02. The molecule has 0 saturated carbocycles. The molecule has 0 radical (unpaired) electrons. The number of nitrogens with one attached hydrogen (secondary N) is 1. The quantitative estimate of drug-likeness (QED) is 0.925. The molecule has 0 atom stereocenters. The topological polar surface area (TPSA) is 53.4 Å². The fourth-order valence-corrected chi connectivity index (χ4v) is 3.53. The normalized spacial score (nSPS) is 15.4. The second-order valence-electron chi connectivity index (χ2n) is 6.92. The highest BCUT2D eigenvalue weighted by Gasteiger charge is 2.21. The summed E-state index contributed by atoms with van der Waals surface area (Å²) in [4.78, 5) is 21.3. The second kappa shape index (κ2) is 7.27. The van der Waals surface area contributed by atoms with E-state index in [0.29, 0.717) is 6.54 Å². The molecule has 6 heteroatoms. The first-order valence-electron chi connectivity index (χ1n) is 8.76. The van der Waals surface area contributed by atoms with Gasteiger partial charge in [0.15, 0.2) is 0 Å². The minimum Gasteiger partial charge on any atom is -0.340 e. The van der Waals surface area contributed by atoms with E-state index in [-0.39, 0.29) is 5.91 Å². The Hall–Kier alpha value is -2.34. The lowest BCUT2D eigenvalue weighted by atomic mass is 10.1. The zero-order valence-electron chi connectivity index (χ0n) is 15.5. The minimum absolute atomic E-state index is 0.0560. The fourth-order valence-electron chi connectivity index (χ4n) is 3.53. The number of benzene rings is 1. The molecule has 0 unspecified atom stereocenters. The number of hydrogen-bond donors (Lipinski definition) is 1. The zero-order valence-corrected chi connectivity index (χ0v) is 15.5. The summed E-state index contributed by atoms with van der Waals surface area (Å²) in [6.45, 7) is 10.1. The SMILES string of the molecule is Cc1cc(C)c(NC(=O)CN2CCN(c3nccn3C)CC2)c(C)c1. The molecule has 2 heterocycles. The highest BCUT2D eigenvalue weighted by molar-refractivity contribution is 5.93. The Morgan fingerprint density at radius 2 is 1.76 bits per heavy atom. The third-order valence-corrected chi connectivity index (χ3v) is 4.76. The first-order valence-corrected chi connectivity index (χ1v) is 8.76. The Balaban J connectivity index is 1.54. The lowest BCUT2D eigenvalue weighted by Crippen LogP contribution is -2.49. The van der Waals surface area contributed by atoms with E-state index in [1.807, 2.05) is 37.9 Å². The summed E-state index contributed by atoms with van der Waals surface area (Å²) < 4.78 is 2.03. The minimum atomic E-state index is 0.0560. The standard InChI is InChI=1S/C19H27N5O/c1-14-11-15(2)18(16(3)12-14)21-17(25)13-23-7-9-24(10-8-23)19-20-5-6-22(19)4/h5-6,11-12H,7-10,13H2,1-4H3,(H,21,25). The van der Waals surface area contributed by atoms with Crippen LogP contribution in [0.3, 0.4) is 0 Å². The lowest BCUT2D eigenvalue weighted by molar-refractivity contribution is -0.117. The summed E-state index contributed by atoms with van der Waals surface area (Å²) >= 11 is 0. The molecule has 6 nitrogen and oxygen atoms in total. The largest absolute Gasteiger partial charge is 0.340 e. The van der Waals surface area contributed by atoms with Crippen LogP contribution in [0.5, 0.6) is 0 Å². The number of piperazine rings is 1. The van der Waals surface area contributed by atoms with Crippen molar-refractivity contribution in [1.82, 2.24) is 14.5 Å². The van der Waals surface area contributed by atoms with E-state index in [1.54, 1.807) is 0 Å². The number of carbonyl (C=O) groups excluding carboxylic acids is 1. The predicted molar refractivity (Wildman–Crippen MR) is 101 cm³/mol. The lowest BCUT2D eigenvalue weighted by Gasteiger charge is -2.34. The van der Waals surface area contributed by atoms with Crippen LogP contribution in [0.25, 0.3) is 0 Å². The highest BCUT2D eigenvalue weighted by atomic mass is 16.2. The summed E-state index contributed by atoms with van der Waals surface area (Å²) in [6, 6.07) is 4.21. The number of anilines is 2. The molecule has 0 aliphatic carbocycles. The number of aryl methyl sites for hydroxylation is 4. The van der Waals surface area contributed by atoms with Crippen LogP contribution in [-0.2, 0) is 11.8 Å². The van der Waals surface area contributed by atoms with Gasteiger partial charge < -0.3 is 14.8 Å². The summed E-state index contributed by atoms with van der Waals surface area (Å²) in [5.74, 6) is 1.05. The zero-order chi connectivity index (χ0) is 18.0. The van der Waals surface area contributed by atoms with Gasteiger partial charge in [0.25, 0.3) is 0 Å². The maximum atomic E-state index is 12.5. The van der Waals surface area contributed by atoms with Crippen molar-refractivity contribution in [2.24, 2.45) is 7.05 Å². The molecule has 2 aromatic rings. The van der Waals surface area contributed by atoms with Crippen LogP contribution in [0.15, 0.2) is 24.5 Å². The van der Waals surface area contributed by atoms with E-state index >= 15 is 0 Å². The molecule has 1 aromatic carbocycles. The van der Waals surface area contributed by atoms with Gasteiger partial charge in [-0.25, -0.2) is 4.98 Å². The molecule has 134 valence electrons. The van der Waals surface area contributed by atoms with Gasteiger partial charge in [-0.1, -0.05) is 17.7 Å². The van der Waals surface area contributed by atoms with Crippen molar-refractivity contribution in [3.05, 3.63) is 41.2 Å². The molecule has 1 fully saturated rings. The fraction of sp³-hybridized carbons (Fsp3) is 0.474. The van der Waals surface area contributed by atoms with Gasteiger partial charge in [0.1, 0.15) is 0 Å². The Kier molecular flexibility index (Phi) is 5.08. The van der Waals surface area contributed by atoms with E-state index < -0.39 is 0 Å². The van der Waals surface area contributed by atoms with Crippen molar-refractivity contribution < 1.29 is 4.79 Å². The molecule has 1 saturated heterocycles. The van der Waals surface area contributed by atoms with Crippen LogP contribution in [0, 0.1) is 20.8 Å². The molecule has 1 aliphatic rings. The molecular weight excluding hydrogens is 314 g/mol. The van der Waals surface area contributed by atoms with Gasteiger partial charge in [-0.15, -0.1) is 0 Å². The van der Waals surface area contributed by atoms with Crippen molar-refractivity contribution in [3.8, 4) is 0 Å². The van der Waals surface area contributed by atoms with E-state index in [2.05, 4.69) is 39.2 Å². The highest BCUT2D eigenvalue weighted by Crippen LogP contribution is 2.22. The number of rotatable bonds is 4. The van der Waals surface area contributed by atoms with Gasteiger partial charge >= 0.3 is 0 Å². The Labute approximate surface area is 149 Å². The molecule has 1 amide bonds. The van der Waals surface area contributed by atoms with Crippen molar-refractivity contribution in [2.75, 3.05) is 42.9 Å². The number of nitrogens with zero attached hydrogens (tertiary/aromatic N) is 4. The monoisotopic (exact) mass is 341 g/mol. The van der Waals surface area contributed by atoms with Crippen LogP contribution in [0.2, 0.25) is 0 Å². The van der Waals surface area contributed by atoms with Crippen molar-refractivity contribution in [3.63, 3.8) is 0 Å². The van der Waals surface area contributed by atoms with Crippen LogP contribution in [0.4, 0.5) is 11.6 Å². The van der Waals surface area contributed by atoms with E-state index in [1.165, 1.54) is 5.56 Å². The molecular formula is C19H27N5O. The number of amides is 1. The number of carbonyl (C=O) groups is 1. The van der Waals surface area contributed by atoms with Gasteiger partial charge in [-0.3, -0.25) is 9.69 Å². The average molecular weight is 341 g/mol. The summed E-state index contributed by atoms with van der Waals surface area (Å²) in [6.07, 6.45) is 3.78. The van der Waals surface area contributed by atoms with Crippen LogP contribution in [-0.4, -0.2) is 53.1 Å². The first kappa shape index (κ1) is 17.5. The summed E-state index contributed by atoms with van der Waals surface area (Å²) in [7, 11) is 2.01. The van der Waals surface area contributed by atoms with Gasteiger partial charge in [-0.05, 0) is 31.9 Å². The average Bonchev–Trinajstić information content (AvgIpc) is 2.98. The Morgan fingerprint density at radius 1 is 1.12 bits per heavy atom. The van der Waals surface area contributed by atoms with Gasteiger partial charge in [0.2, 0.25) is 11.9 Å². The maximum Gasteiger partial charge on any atom is 0.238 e. The summed E-state index contributed by atoms with van der Waals surface area (Å²) in [5.41, 5.74) is 4.40. The molecule has 1 aromatic heterocycles. The van der Waals surface area contributed by atoms with Crippen LogP contribution in [0.1, 0.15) is 16.7 Å². The predicted octanol–water partition coefficient (Wildman–Crippen LogP) is 2.11. The maximum absolute atomic E-state index is 12.5. The Bertz CT molecular complexity index is 736. The molecule has 0 bridgehead atoms. The van der Waals surface area contributed by atoms with E-state index in [4.69, 9.17) is 0 Å². The molecule has 1 N–H and O–H groups in total. The van der Waals surface area contributed by atoms with Gasteiger partial charge in [0, 0.05) is 51.3 Å². The number of aromatic nitrogens is 2. The van der Waals surface area contributed by atoms with Gasteiger partial charge in [0.05, 0.1) is 6.54 Å². The number of imidazole rings is 1. The number of hydrogen-bond acceptors (Lipinski definition) is 4. The van der Waals surface area contributed by atoms with Crippen molar-refractivity contribution >= 4 is 17.5 Å².